The number of aromatic nitrogens is 1. The summed E-state index contributed by atoms with van der Waals surface area (Å²) in [5, 5.41) is 0.951. The van der Waals surface area contributed by atoms with Crippen molar-refractivity contribution in [2.75, 3.05) is 6.54 Å². The summed E-state index contributed by atoms with van der Waals surface area (Å²) < 4.78 is 19.9. The Morgan fingerprint density at radius 3 is 2.71 bits per heavy atom. The largest absolute Gasteiger partial charge is 0.452 e. The molecule has 0 aliphatic rings. The Morgan fingerprint density at radius 2 is 1.86 bits per heavy atom. The topological polar surface area (TPSA) is 48.1 Å². The number of hydrogen-bond donors (Lipinski definition) is 1. The van der Waals surface area contributed by atoms with Gasteiger partial charge < -0.3 is 10.5 Å². The van der Waals surface area contributed by atoms with Crippen molar-refractivity contribution in [2.45, 2.75) is 6.42 Å². The molecule has 4 heteroatoms. The summed E-state index contributed by atoms with van der Waals surface area (Å²) in [7, 11) is 0. The summed E-state index contributed by atoms with van der Waals surface area (Å²) in [4.78, 5) is 4.31. The van der Waals surface area contributed by atoms with Gasteiger partial charge in [-0.1, -0.05) is 30.3 Å². The zero-order valence-electron chi connectivity index (χ0n) is 11.4. The number of benzene rings is 2. The number of rotatable bonds is 4. The van der Waals surface area contributed by atoms with Crippen LogP contribution >= 0.6 is 0 Å². The number of ether oxygens (including phenoxy) is 1. The maximum Gasteiger partial charge on any atom is 0.166 e. The Kier molecular flexibility index (Phi) is 3.79. The van der Waals surface area contributed by atoms with Gasteiger partial charge in [-0.05, 0) is 36.7 Å². The molecule has 2 N–H and O–H groups in total. The third-order valence-corrected chi connectivity index (χ3v) is 3.27. The van der Waals surface area contributed by atoms with Crippen molar-refractivity contribution >= 4 is 10.9 Å². The zero-order chi connectivity index (χ0) is 14.7. The number of nitrogens with zero attached hydrogens (tertiary/aromatic N) is 1. The molecule has 0 radical (unpaired) electrons. The van der Waals surface area contributed by atoms with Crippen molar-refractivity contribution in [3.63, 3.8) is 0 Å². The Bertz CT molecular complexity index is 768. The minimum absolute atomic E-state index is 0.223. The number of para-hydroxylation sites is 2. The molecule has 0 unspecified atom stereocenters. The molecule has 0 saturated heterocycles. The Labute approximate surface area is 122 Å². The van der Waals surface area contributed by atoms with Crippen LogP contribution in [-0.4, -0.2) is 11.5 Å². The van der Waals surface area contributed by atoms with Gasteiger partial charge in [0.05, 0.1) is 0 Å². The molecule has 3 nitrogen and oxygen atoms in total. The van der Waals surface area contributed by atoms with E-state index in [0.29, 0.717) is 24.2 Å². The summed E-state index contributed by atoms with van der Waals surface area (Å²) in [6, 6.07) is 14.3. The minimum Gasteiger partial charge on any atom is -0.452 e. The van der Waals surface area contributed by atoms with Gasteiger partial charge in [-0.15, -0.1) is 0 Å². The Balaban J connectivity index is 2.07. The molecule has 0 atom stereocenters. The van der Waals surface area contributed by atoms with Gasteiger partial charge in [0.2, 0.25) is 0 Å². The van der Waals surface area contributed by atoms with E-state index in [9.17, 15) is 4.39 Å². The number of fused-ring (bicyclic) bond motifs is 1. The second-order valence-corrected chi connectivity index (χ2v) is 4.70. The molecule has 21 heavy (non-hydrogen) atoms. The maximum absolute atomic E-state index is 14.1. The molecule has 0 amide bonds. The molecule has 0 bridgehead atoms. The molecule has 0 aliphatic carbocycles. The third kappa shape index (κ3) is 2.71. The number of halogens is 1. The number of pyridine rings is 1. The molecular weight excluding hydrogens is 267 g/mol. The average Bonchev–Trinajstić information content (AvgIpc) is 2.51. The van der Waals surface area contributed by atoms with E-state index >= 15 is 0 Å². The predicted octanol–water partition coefficient (Wildman–Crippen LogP) is 3.67. The van der Waals surface area contributed by atoms with E-state index in [1.807, 2.05) is 30.3 Å². The summed E-state index contributed by atoms with van der Waals surface area (Å²) >= 11 is 0. The van der Waals surface area contributed by atoms with E-state index in [0.717, 1.165) is 10.9 Å². The molecule has 106 valence electrons. The fourth-order valence-corrected chi connectivity index (χ4v) is 2.29. The van der Waals surface area contributed by atoms with Crippen LogP contribution in [0.1, 0.15) is 5.56 Å². The molecule has 3 rings (SSSR count). The molecule has 0 spiro atoms. The van der Waals surface area contributed by atoms with E-state index in [1.54, 1.807) is 18.3 Å². The summed E-state index contributed by atoms with van der Waals surface area (Å²) in [5.41, 5.74) is 7.04. The molecular formula is C17H15FN2O. The highest BCUT2D eigenvalue weighted by Gasteiger charge is 2.12. The summed E-state index contributed by atoms with van der Waals surface area (Å²) in [5.74, 6) is 0.367. The fourth-order valence-electron chi connectivity index (χ4n) is 2.29. The van der Waals surface area contributed by atoms with Gasteiger partial charge in [-0.25, -0.2) is 4.39 Å². The molecule has 1 heterocycles. The zero-order valence-corrected chi connectivity index (χ0v) is 11.4. The maximum atomic E-state index is 14.1. The lowest BCUT2D eigenvalue weighted by atomic mass is 10.1. The molecule has 0 aliphatic heterocycles. The quantitative estimate of drug-likeness (QED) is 0.794. The van der Waals surface area contributed by atoms with Crippen molar-refractivity contribution in [3.8, 4) is 11.5 Å². The van der Waals surface area contributed by atoms with Crippen LogP contribution < -0.4 is 10.5 Å². The van der Waals surface area contributed by atoms with E-state index in [2.05, 4.69) is 4.98 Å². The number of nitrogens with two attached hydrogens (primary N) is 1. The van der Waals surface area contributed by atoms with Crippen molar-refractivity contribution < 1.29 is 9.13 Å². The van der Waals surface area contributed by atoms with Gasteiger partial charge in [0.15, 0.2) is 17.3 Å². The average molecular weight is 282 g/mol. The highest BCUT2D eigenvalue weighted by Crippen LogP contribution is 2.32. The van der Waals surface area contributed by atoms with Crippen LogP contribution in [0.25, 0.3) is 10.9 Å². The molecule has 3 aromatic rings. The highest BCUT2D eigenvalue weighted by atomic mass is 19.1. The monoisotopic (exact) mass is 282 g/mol. The van der Waals surface area contributed by atoms with Crippen molar-refractivity contribution in [2.24, 2.45) is 5.73 Å². The molecule has 2 aromatic carbocycles. The minimum atomic E-state index is -0.395. The molecule has 1 aromatic heterocycles. The van der Waals surface area contributed by atoms with Gasteiger partial charge in [0.25, 0.3) is 0 Å². The van der Waals surface area contributed by atoms with Crippen LogP contribution in [0.5, 0.6) is 11.5 Å². The van der Waals surface area contributed by atoms with Gasteiger partial charge in [-0.2, -0.15) is 0 Å². The second-order valence-electron chi connectivity index (χ2n) is 4.70. The van der Waals surface area contributed by atoms with Crippen LogP contribution in [0.2, 0.25) is 0 Å². The summed E-state index contributed by atoms with van der Waals surface area (Å²) in [6.45, 7) is 0.438. The molecule has 0 saturated carbocycles. The lowest BCUT2D eigenvalue weighted by Crippen LogP contribution is -2.05. The van der Waals surface area contributed by atoms with Crippen LogP contribution in [0.3, 0.4) is 0 Å². The van der Waals surface area contributed by atoms with Crippen LogP contribution in [0, 0.1) is 5.82 Å². The van der Waals surface area contributed by atoms with E-state index in [1.165, 1.54) is 6.07 Å². The first-order valence-electron chi connectivity index (χ1n) is 6.78. The standard InChI is InChI=1S/C17H15FN2O/c18-14-7-1-5-13(9-10-19)17(14)21-15-8-2-4-12-6-3-11-20-16(12)15/h1-8,11H,9-10,19H2. The van der Waals surface area contributed by atoms with Crippen LogP contribution in [-0.2, 0) is 6.42 Å². The fraction of sp³-hybridized carbons (Fsp3) is 0.118. The smallest absolute Gasteiger partial charge is 0.166 e. The van der Waals surface area contributed by atoms with E-state index in [-0.39, 0.29) is 5.75 Å². The first-order chi connectivity index (χ1) is 10.3. The van der Waals surface area contributed by atoms with Crippen LogP contribution in [0.15, 0.2) is 54.7 Å². The lowest BCUT2D eigenvalue weighted by Gasteiger charge is -2.12. The molecule has 0 fully saturated rings. The van der Waals surface area contributed by atoms with Gasteiger partial charge >= 0.3 is 0 Å². The number of hydrogen-bond acceptors (Lipinski definition) is 3. The Morgan fingerprint density at radius 1 is 1.05 bits per heavy atom. The van der Waals surface area contributed by atoms with Gasteiger partial charge in [0.1, 0.15) is 5.52 Å². The van der Waals surface area contributed by atoms with Gasteiger partial charge in [-0.3, -0.25) is 4.98 Å². The van der Waals surface area contributed by atoms with Gasteiger partial charge in [0, 0.05) is 11.6 Å². The first kappa shape index (κ1) is 13.5. The first-order valence-corrected chi connectivity index (χ1v) is 6.78. The van der Waals surface area contributed by atoms with Crippen molar-refractivity contribution in [3.05, 3.63) is 66.1 Å². The SMILES string of the molecule is NCCc1cccc(F)c1Oc1cccc2cccnc12. The highest BCUT2D eigenvalue weighted by molar-refractivity contribution is 5.84. The van der Waals surface area contributed by atoms with E-state index < -0.39 is 5.82 Å². The predicted molar refractivity (Wildman–Crippen MR) is 81.0 cm³/mol. The third-order valence-electron chi connectivity index (χ3n) is 3.27. The second kappa shape index (κ2) is 5.89. The van der Waals surface area contributed by atoms with Crippen LogP contribution in [0.4, 0.5) is 4.39 Å². The van der Waals surface area contributed by atoms with Crippen molar-refractivity contribution in [1.82, 2.24) is 4.98 Å². The lowest BCUT2D eigenvalue weighted by molar-refractivity contribution is 0.439. The van der Waals surface area contributed by atoms with Crippen molar-refractivity contribution in [1.29, 1.82) is 0 Å². The summed E-state index contributed by atoms with van der Waals surface area (Å²) in [6.07, 6.45) is 2.25. The Hall–Kier alpha value is -2.46. The normalized spacial score (nSPS) is 10.8. The van der Waals surface area contributed by atoms with E-state index in [4.69, 9.17) is 10.5 Å².